The summed E-state index contributed by atoms with van der Waals surface area (Å²) in [4.78, 5) is 19.1. The number of methoxy groups -OCH3 is 1. The fourth-order valence-corrected chi connectivity index (χ4v) is 4.98. The van der Waals surface area contributed by atoms with E-state index in [4.69, 9.17) is 4.74 Å². The molecule has 1 saturated heterocycles. The number of sulfone groups is 1. The number of halogens is 2. The van der Waals surface area contributed by atoms with Gasteiger partial charge >= 0.3 is 0 Å². The molecule has 0 radical (unpaired) electrons. The maximum atomic E-state index is 13.6. The zero-order valence-electron chi connectivity index (χ0n) is 19.1. The summed E-state index contributed by atoms with van der Waals surface area (Å²) in [6.07, 6.45) is 4.63. The lowest BCUT2D eigenvalue weighted by atomic mass is 10.2. The largest absolute Gasteiger partial charge is 0.493 e. The van der Waals surface area contributed by atoms with E-state index in [9.17, 15) is 17.2 Å². The second kappa shape index (κ2) is 9.49. The van der Waals surface area contributed by atoms with E-state index >= 15 is 0 Å². The predicted molar refractivity (Wildman–Crippen MR) is 132 cm³/mol. The molecule has 4 heterocycles. The number of aromatic nitrogens is 4. The van der Waals surface area contributed by atoms with Gasteiger partial charge in [0.2, 0.25) is 5.95 Å². The van der Waals surface area contributed by atoms with E-state index in [1.807, 2.05) is 4.90 Å². The summed E-state index contributed by atoms with van der Waals surface area (Å²) in [5, 5.41) is 6.58. The van der Waals surface area contributed by atoms with E-state index in [2.05, 4.69) is 30.6 Å². The Morgan fingerprint density at radius 3 is 2.44 bits per heavy atom. The monoisotopic (exact) mass is 513 g/mol. The molecule has 1 aliphatic rings. The van der Waals surface area contributed by atoms with Crippen molar-refractivity contribution >= 4 is 49.7 Å². The Kier molecular flexibility index (Phi) is 6.22. The number of rotatable bonds is 6. The van der Waals surface area contributed by atoms with Crippen LogP contribution in [0.4, 0.5) is 37.7 Å². The molecule has 186 valence electrons. The molecule has 36 heavy (non-hydrogen) atoms. The minimum Gasteiger partial charge on any atom is -0.493 e. The first-order chi connectivity index (χ1) is 17.3. The number of pyridine rings is 2. The predicted octanol–water partition coefficient (Wildman–Crippen LogP) is 3.43. The molecule has 0 atom stereocenters. The first-order valence-corrected chi connectivity index (χ1v) is 12.7. The summed E-state index contributed by atoms with van der Waals surface area (Å²) in [6.45, 7) is 0.695. The fourth-order valence-electron chi connectivity index (χ4n) is 3.77. The highest BCUT2D eigenvalue weighted by atomic mass is 32.2. The molecular formula is C23H21F2N7O3S. The molecule has 4 aromatic rings. The van der Waals surface area contributed by atoms with E-state index in [1.165, 1.54) is 13.3 Å². The molecule has 5 rings (SSSR count). The number of benzene rings is 1. The summed E-state index contributed by atoms with van der Waals surface area (Å²) in [7, 11) is -1.50. The Hall–Kier alpha value is -4.13. The number of ether oxygens (including phenoxy) is 1. The third-order valence-electron chi connectivity index (χ3n) is 5.60. The summed E-state index contributed by atoms with van der Waals surface area (Å²) in [6, 6.07) is 7.15. The zero-order valence-corrected chi connectivity index (χ0v) is 19.9. The van der Waals surface area contributed by atoms with Crippen LogP contribution in [0, 0.1) is 11.6 Å². The second-order valence-corrected chi connectivity index (χ2v) is 10.4. The minimum absolute atomic E-state index is 0.0734. The summed E-state index contributed by atoms with van der Waals surface area (Å²) >= 11 is 0. The van der Waals surface area contributed by atoms with Crippen LogP contribution >= 0.6 is 0 Å². The highest BCUT2D eigenvalue weighted by Gasteiger charge is 2.24. The third-order valence-corrected chi connectivity index (χ3v) is 7.21. The van der Waals surface area contributed by atoms with Crippen molar-refractivity contribution in [3.05, 3.63) is 60.6 Å². The summed E-state index contributed by atoms with van der Waals surface area (Å²) < 4.78 is 55.9. The maximum absolute atomic E-state index is 13.6. The second-order valence-electron chi connectivity index (χ2n) is 8.09. The Bertz CT molecular complexity index is 1540. The van der Waals surface area contributed by atoms with Gasteiger partial charge in [-0.3, -0.25) is 4.98 Å². The number of anilines is 5. The normalized spacial score (nSPS) is 15.0. The van der Waals surface area contributed by atoms with Gasteiger partial charge in [-0.15, -0.1) is 0 Å². The molecule has 0 spiro atoms. The fraction of sp³-hybridized carbons (Fsp3) is 0.217. The van der Waals surface area contributed by atoms with Gasteiger partial charge in [0, 0.05) is 36.8 Å². The number of hydrogen-bond acceptors (Lipinski definition) is 10. The zero-order chi connectivity index (χ0) is 25.3. The summed E-state index contributed by atoms with van der Waals surface area (Å²) in [5.74, 6) is 0.0213. The van der Waals surface area contributed by atoms with Gasteiger partial charge in [-0.2, -0.15) is 4.98 Å². The van der Waals surface area contributed by atoms with Gasteiger partial charge in [-0.25, -0.2) is 27.2 Å². The van der Waals surface area contributed by atoms with Crippen LogP contribution in [-0.4, -0.2) is 60.1 Å². The van der Waals surface area contributed by atoms with Gasteiger partial charge in [0.05, 0.1) is 47.9 Å². The Morgan fingerprint density at radius 1 is 0.944 bits per heavy atom. The van der Waals surface area contributed by atoms with Crippen LogP contribution in [0.3, 0.4) is 0 Å². The van der Waals surface area contributed by atoms with Crippen molar-refractivity contribution in [1.29, 1.82) is 0 Å². The molecule has 10 nitrogen and oxygen atoms in total. The average Bonchev–Trinajstić information content (AvgIpc) is 2.85. The van der Waals surface area contributed by atoms with Gasteiger partial charge in [-0.05, 0) is 18.2 Å². The maximum Gasteiger partial charge on any atom is 0.229 e. The van der Waals surface area contributed by atoms with Gasteiger partial charge < -0.3 is 20.3 Å². The van der Waals surface area contributed by atoms with Crippen molar-refractivity contribution in [2.75, 3.05) is 47.2 Å². The molecule has 0 bridgehead atoms. The smallest absolute Gasteiger partial charge is 0.229 e. The van der Waals surface area contributed by atoms with Crippen LogP contribution in [-0.2, 0) is 9.84 Å². The Morgan fingerprint density at radius 2 is 1.67 bits per heavy atom. The summed E-state index contributed by atoms with van der Waals surface area (Å²) in [5.41, 5.74) is 1.44. The standard InChI is InChI=1S/C23H21F2N7O3S/c1-35-20-10-16(13-28-22(20)32-4-6-36(33,34)7-5-32)30-23-26-3-2-21(31-23)29-15-8-14-9-17(24)18(25)11-19(14)27-12-15/h2-3,8-13H,4-7H2,1H3,(H2,26,29,30,31). The lowest BCUT2D eigenvalue weighted by Gasteiger charge is -2.28. The van der Waals surface area contributed by atoms with E-state index < -0.39 is 21.5 Å². The lowest BCUT2D eigenvalue weighted by molar-refractivity contribution is 0.412. The van der Waals surface area contributed by atoms with Crippen molar-refractivity contribution in [1.82, 2.24) is 19.9 Å². The van der Waals surface area contributed by atoms with Crippen LogP contribution in [0.1, 0.15) is 0 Å². The van der Waals surface area contributed by atoms with E-state index in [0.29, 0.717) is 52.8 Å². The van der Waals surface area contributed by atoms with Crippen LogP contribution in [0.5, 0.6) is 5.75 Å². The van der Waals surface area contributed by atoms with E-state index in [1.54, 1.807) is 30.6 Å². The van der Waals surface area contributed by atoms with Gasteiger partial charge in [0.15, 0.2) is 33.0 Å². The minimum atomic E-state index is -3.01. The van der Waals surface area contributed by atoms with Crippen LogP contribution < -0.4 is 20.3 Å². The van der Waals surface area contributed by atoms with Crippen molar-refractivity contribution in [2.24, 2.45) is 0 Å². The van der Waals surface area contributed by atoms with Gasteiger partial charge in [0.25, 0.3) is 0 Å². The van der Waals surface area contributed by atoms with Crippen LogP contribution in [0.25, 0.3) is 10.9 Å². The number of nitrogens with one attached hydrogen (secondary N) is 2. The van der Waals surface area contributed by atoms with Gasteiger partial charge in [-0.1, -0.05) is 0 Å². The molecular weight excluding hydrogens is 492 g/mol. The Labute approximate surface area is 205 Å². The third kappa shape index (κ3) is 5.10. The molecule has 1 aliphatic heterocycles. The van der Waals surface area contributed by atoms with E-state index in [0.717, 1.165) is 12.1 Å². The molecule has 0 saturated carbocycles. The van der Waals surface area contributed by atoms with Crippen LogP contribution in [0.2, 0.25) is 0 Å². The van der Waals surface area contributed by atoms with Crippen molar-refractivity contribution in [3.63, 3.8) is 0 Å². The first kappa shape index (κ1) is 23.6. The SMILES string of the molecule is COc1cc(Nc2nccc(Nc3cnc4cc(F)c(F)cc4c3)n2)cnc1N1CCS(=O)(=O)CC1. The first-order valence-electron chi connectivity index (χ1n) is 10.9. The quantitative estimate of drug-likeness (QED) is 0.396. The molecule has 0 aliphatic carbocycles. The number of fused-ring (bicyclic) bond motifs is 1. The average molecular weight is 514 g/mol. The molecule has 1 aromatic carbocycles. The molecule has 13 heteroatoms. The Balaban J connectivity index is 1.32. The topological polar surface area (TPSA) is 122 Å². The van der Waals surface area contributed by atoms with E-state index in [-0.39, 0.29) is 17.5 Å². The highest BCUT2D eigenvalue weighted by Crippen LogP contribution is 2.30. The molecule has 3 aromatic heterocycles. The number of nitrogens with zero attached hydrogens (tertiary/aromatic N) is 5. The lowest BCUT2D eigenvalue weighted by Crippen LogP contribution is -2.40. The number of hydrogen-bond donors (Lipinski definition) is 2. The van der Waals surface area contributed by atoms with Gasteiger partial charge in [0.1, 0.15) is 5.82 Å². The molecule has 2 N–H and O–H groups in total. The molecule has 1 fully saturated rings. The molecule has 0 unspecified atom stereocenters. The van der Waals surface area contributed by atoms with Crippen LogP contribution in [0.15, 0.2) is 48.9 Å². The van der Waals surface area contributed by atoms with Crippen molar-refractivity contribution < 1.29 is 21.9 Å². The van der Waals surface area contributed by atoms with Crippen molar-refractivity contribution in [3.8, 4) is 5.75 Å². The molecule has 0 amide bonds. The van der Waals surface area contributed by atoms with Crippen molar-refractivity contribution in [2.45, 2.75) is 0 Å². The highest BCUT2D eigenvalue weighted by molar-refractivity contribution is 7.91.